The number of benzene rings is 2. The van der Waals surface area contributed by atoms with Gasteiger partial charge < -0.3 is 14.2 Å². The molecule has 1 amide bonds. The minimum absolute atomic E-state index is 0.0378. The van der Waals surface area contributed by atoms with E-state index in [2.05, 4.69) is 10.5 Å². The van der Waals surface area contributed by atoms with E-state index < -0.39 is 0 Å². The number of methoxy groups -OCH3 is 2. The van der Waals surface area contributed by atoms with E-state index in [1.807, 2.05) is 48.6 Å². The fraction of sp³-hybridized carbons (Fsp3) is 0.200. The van der Waals surface area contributed by atoms with E-state index in [-0.39, 0.29) is 12.5 Å². The maximum atomic E-state index is 11.3. The maximum absolute atomic E-state index is 11.3. The van der Waals surface area contributed by atoms with Gasteiger partial charge in [0.05, 0.1) is 13.3 Å². The first kappa shape index (κ1) is 19.2. The molecule has 6 heteroatoms. The van der Waals surface area contributed by atoms with Crippen molar-refractivity contribution in [1.82, 2.24) is 5.43 Å². The molecule has 2 rings (SSSR count). The van der Waals surface area contributed by atoms with Crippen molar-refractivity contribution in [3.63, 3.8) is 0 Å². The zero-order valence-corrected chi connectivity index (χ0v) is 14.8. The van der Waals surface area contributed by atoms with Crippen molar-refractivity contribution < 1.29 is 19.0 Å². The van der Waals surface area contributed by atoms with Crippen LogP contribution in [0.1, 0.15) is 11.1 Å². The molecule has 0 aliphatic heterocycles. The summed E-state index contributed by atoms with van der Waals surface area (Å²) >= 11 is 0. The predicted molar refractivity (Wildman–Crippen MR) is 102 cm³/mol. The summed E-state index contributed by atoms with van der Waals surface area (Å²) in [6.45, 7) is 0.385. The minimum atomic E-state index is -0.319. The summed E-state index contributed by atoms with van der Waals surface area (Å²) in [5.41, 5.74) is 4.25. The van der Waals surface area contributed by atoms with Gasteiger partial charge in [0.1, 0.15) is 13.2 Å². The van der Waals surface area contributed by atoms with E-state index in [0.29, 0.717) is 18.1 Å². The first-order chi connectivity index (χ1) is 12.7. The number of carbonyl (C=O) groups is 1. The van der Waals surface area contributed by atoms with E-state index in [0.717, 1.165) is 11.1 Å². The third kappa shape index (κ3) is 6.41. The molecule has 2 aromatic carbocycles. The Morgan fingerprint density at radius 2 is 1.88 bits per heavy atom. The molecule has 0 heterocycles. The summed E-state index contributed by atoms with van der Waals surface area (Å²) in [4.78, 5) is 11.3. The van der Waals surface area contributed by atoms with Crippen molar-refractivity contribution in [2.24, 2.45) is 5.10 Å². The fourth-order valence-corrected chi connectivity index (χ4v) is 2.11. The van der Waals surface area contributed by atoms with Crippen molar-refractivity contribution in [2.45, 2.75) is 0 Å². The molecule has 0 aliphatic rings. The Balaban J connectivity index is 1.92. The molecular formula is C20H22N2O4. The molecule has 136 valence electrons. The second-order valence-electron chi connectivity index (χ2n) is 5.26. The van der Waals surface area contributed by atoms with Gasteiger partial charge in [0, 0.05) is 7.11 Å². The van der Waals surface area contributed by atoms with Crippen LogP contribution in [0.25, 0.3) is 6.08 Å². The van der Waals surface area contributed by atoms with E-state index in [9.17, 15) is 4.79 Å². The van der Waals surface area contributed by atoms with Gasteiger partial charge in [-0.1, -0.05) is 36.4 Å². The summed E-state index contributed by atoms with van der Waals surface area (Å²) in [7, 11) is 3.02. The van der Waals surface area contributed by atoms with Crippen LogP contribution >= 0.6 is 0 Å². The predicted octanol–water partition coefficient (Wildman–Crippen LogP) is 2.88. The second kappa shape index (κ2) is 10.7. The van der Waals surface area contributed by atoms with Gasteiger partial charge in [0.25, 0.3) is 5.91 Å². The zero-order chi connectivity index (χ0) is 18.6. The third-order valence-corrected chi connectivity index (χ3v) is 3.31. The Kier molecular flexibility index (Phi) is 7.89. The standard InChI is InChI=1S/C20H22N2O4/c1-24-15-20(23)22-21-14-17-10-11-18(19(13-17)25-2)26-12-6-9-16-7-4-3-5-8-16/h3-11,13-14H,12,15H2,1-2H3,(H,22,23)/b9-6+,21-14?. The van der Waals surface area contributed by atoms with E-state index in [4.69, 9.17) is 14.2 Å². The van der Waals surface area contributed by atoms with Crippen LogP contribution in [0, 0.1) is 0 Å². The molecule has 1 N–H and O–H groups in total. The Labute approximate surface area is 153 Å². The third-order valence-electron chi connectivity index (χ3n) is 3.31. The molecule has 0 radical (unpaired) electrons. The monoisotopic (exact) mass is 354 g/mol. The average molecular weight is 354 g/mol. The van der Waals surface area contributed by atoms with Crippen molar-refractivity contribution in [1.29, 1.82) is 0 Å². The molecule has 0 unspecified atom stereocenters. The number of amides is 1. The van der Waals surface area contributed by atoms with Crippen LogP contribution in [0.2, 0.25) is 0 Å². The van der Waals surface area contributed by atoms with Gasteiger partial charge in [-0.3, -0.25) is 4.79 Å². The molecule has 0 aliphatic carbocycles. The van der Waals surface area contributed by atoms with E-state index in [1.54, 1.807) is 19.2 Å². The summed E-state index contributed by atoms with van der Waals surface area (Å²) in [5.74, 6) is 0.900. The van der Waals surface area contributed by atoms with Crippen LogP contribution < -0.4 is 14.9 Å². The van der Waals surface area contributed by atoms with Gasteiger partial charge in [-0.05, 0) is 35.4 Å². The van der Waals surface area contributed by atoms with Gasteiger partial charge in [0.15, 0.2) is 11.5 Å². The van der Waals surface area contributed by atoms with Crippen LogP contribution in [-0.2, 0) is 9.53 Å². The molecule has 2 aromatic rings. The molecule has 26 heavy (non-hydrogen) atoms. The van der Waals surface area contributed by atoms with Crippen molar-refractivity contribution in [3.05, 3.63) is 65.7 Å². The van der Waals surface area contributed by atoms with Crippen LogP contribution in [0.3, 0.4) is 0 Å². The molecule has 0 fully saturated rings. The highest BCUT2D eigenvalue weighted by molar-refractivity contribution is 5.83. The number of rotatable bonds is 9. The van der Waals surface area contributed by atoms with Gasteiger partial charge in [-0.15, -0.1) is 0 Å². The highest BCUT2D eigenvalue weighted by Gasteiger charge is 2.04. The SMILES string of the molecule is COCC(=O)NN=Cc1ccc(OC/C=C/c2ccccc2)c(OC)c1. The van der Waals surface area contributed by atoms with E-state index >= 15 is 0 Å². The fourth-order valence-electron chi connectivity index (χ4n) is 2.11. The summed E-state index contributed by atoms with van der Waals surface area (Å²) < 4.78 is 15.8. The number of nitrogens with one attached hydrogen (secondary N) is 1. The Hall–Kier alpha value is -3.12. The molecule has 0 bridgehead atoms. The van der Waals surface area contributed by atoms with Gasteiger partial charge in [-0.2, -0.15) is 5.10 Å². The average Bonchev–Trinajstić information content (AvgIpc) is 2.67. The second-order valence-corrected chi connectivity index (χ2v) is 5.26. The number of nitrogens with zero attached hydrogens (tertiary/aromatic N) is 1. The lowest BCUT2D eigenvalue weighted by atomic mass is 10.2. The first-order valence-electron chi connectivity index (χ1n) is 8.06. The van der Waals surface area contributed by atoms with Crippen molar-refractivity contribution in [3.8, 4) is 11.5 Å². The van der Waals surface area contributed by atoms with Crippen LogP contribution in [0.4, 0.5) is 0 Å². The lowest BCUT2D eigenvalue weighted by Gasteiger charge is -2.09. The van der Waals surface area contributed by atoms with Gasteiger partial charge >= 0.3 is 0 Å². The number of hydrogen-bond acceptors (Lipinski definition) is 5. The summed E-state index contributed by atoms with van der Waals surface area (Å²) in [6.07, 6.45) is 5.46. The first-order valence-corrected chi connectivity index (χ1v) is 8.06. The van der Waals surface area contributed by atoms with Gasteiger partial charge in [0.2, 0.25) is 0 Å². The van der Waals surface area contributed by atoms with Crippen LogP contribution in [0.5, 0.6) is 11.5 Å². The van der Waals surface area contributed by atoms with Crippen LogP contribution in [0.15, 0.2) is 59.7 Å². The zero-order valence-electron chi connectivity index (χ0n) is 14.8. The smallest absolute Gasteiger partial charge is 0.266 e. The highest BCUT2D eigenvalue weighted by atomic mass is 16.5. The molecule has 0 saturated heterocycles. The summed E-state index contributed by atoms with van der Waals surface area (Å²) in [6, 6.07) is 15.4. The topological polar surface area (TPSA) is 69.2 Å². The maximum Gasteiger partial charge on any atom is 0.266 e. The lowest BCUT2D eigenvalue weighted by molar-refractivity contribution is -0.124. The normalized spacial score (nSPS) is 11.0. The van der Waals surface area contributed by atoms with Crippen molar-refractivity contribution in [2.75, 3.05) is 27.4 Å². The van der Waals surface area contributed by atoms with Gasteiger partial charge in [-0.25, -0.2) is 5.43 Å². The number of ether oxygens (including phenoxy) is 3. The lowest BCUT2D eigenvalue weighted by Crippen LogP contribution is -2.22. The largest absolute Gasteiger partial charge is 0.493 e. The van der Waals surface area contributed by atoms with Crippen LogP contribution in [-0.4, -0.2) is 39.6 Å². The Bertz CT molecular complexity index is 758. The van der Waals surface area contributed by atoms with E-state index in [1.165, 1.54) is 13.3 Å². The molecular weight excluding hydrogens is 332 g/mol. The molecule has 0 aromatic heterocycles. The Morgan fingerprint density at radius 1 is 1.08 bits per heavy atom. The number of hydrazone groups is 1. The Morgan fingerprint density at radius 3 is 2.62 bits per heavy atom. The number of hydrogen-bond donors (Lipinski definition) is 1. The minimum Gasteiger partial charge on any atom is -0.493 e. The molecule has 0 atom stereocenters. The quantitative estimate of drug-likeness (QED) is 0.555. The summed E-state index contributed by atoms with van der Waals surface area (Å²) in [5, 5.41) is 3.86. The molecule has 6 nitrogen and oxygen atoms in total. The van der Waals surface area contributed by atoms with Crippen molar-refractivity contribution >= 4 is 18.2 Å². The highest BCUT2D eigenvalue weighted by Crippen LogP contribution is 2.27. The molecule has 0 spiro atoms. The molecule has 0 saturated carbocycles. The number of carbonyl (C=O) groups excluding carboxylic acids is 1.